The van der Waals surface area contributed by atoms with Gasteiger partial charge in [0.05, 0.1) is 7.11 Å². The average molecular weight is 277 g/mol. The van der Waals surface area contributed by atoms with Crippen LogP contribution in [0, 0.1) is 5.92 Å². The molecule has 0 unspecified atom stereocenters. The minimum atomic E-state index is 0.694. The molecule has 104 valence electrons. The van der Waals surface area contributed by atoms with Crippen molar-refractivity contribution in [2.24, 2.45) is 5.92 Å². The Bertz CT molecular complexity index is 545. The second-order valence-electron chi connectivity index (χ2n) is 5.24. The van der Waals surface area contributed by atoms with Crippen molar-refractivity contribution in [3.05, 3.63) is 28.6 Å². The van der Waals surface area contributed by atoms with Crippen molar-refractivity contribution >= 4 is 21.4 Å². The number of fused-ring (bicyclic) bond motifs is 1. The van der Waals surface area contributed by atoms with Gasteiger partial charge in [0.1, 0.15) is 5.75 Å². The molecule has 1 aromatic carbocycles. The fourth-order valence-electron chi connectivity index (χ4n) is 2.31. The van der Waals surface area contributed by atoms with E-state index >= 15 is 0 Å². The van der Waals surface area contributed by atoms with E-state index in [2.05, 4.69) is 44.3 Å². The topological polar surface area (TPSA) is 21.3 Å². The molecular weight excluding hydrogens is 254 g/mol. The van der Waals surface area contributed by atoms with Crippen LogP contribution in [0.3, 0.4) is 0 Å². The Balaban J connectivity index is 2.27. The first-order valence-corrected chi connectivity index (χ1v) is 7.76. The van der Waals surface area contributed by atoms with Crippen LogP contribution < -0.4 is 10.1 Å². The van der Waals surface area contributed by atoms with E-state index in [1.165, 1.54) is 20.5 Å². The smallest absolute Gasteiger partial charge is 0.120 e. The van der Waals surface area contributed by atoms with E-state index in [0.29, 0.717) is 5.92 Å². The van der Waals surface area contributed by atoms with Crippen molar-refractivity contribution in [2.45, 2.75) is 33.7 Å². The van der Waals surface area contributed by atoms with E-state index in [9.17, 15) is 0 Å². The highest BCUT2D eigenvalue weighted by molar-refractivity contribution is 7.19. The SMILES string of the molecule is CCc1c(CNCC(C)C)sc2cc(OC)ccc12. The third-order valence-corrected chi connectivity index (χ3v) is 4.47. The van der Waals surface area contributed by atoms with E-state index in [4.69, 9.17) is 4.74 Å². The van der Waals surface area contributed by atoms with Gasteiger partial charge in [0, 0.05) is 16.1 Å². The zero-order chi connectivity index (χ0) is 13.8. The molecule has 0 aliphatic rings. The van der Waals surface area contributed by atoms with Crippen LogP contribution in [0.2, 0.25) is 0 Å². The lowest BCUT2D eigenvalue weighted by atomic mass is 10.1. The third-order valence-electron chi connectivity index (χ3n) is 3.28. The number of methoxy groups -OCH3 is 1. The largest absolute Gasteiger partial charge is 0.497 e. The van der Waals surface area contributed by atoms with Gasteiger partial charge in [-0.05, 0) is 48.0 Å². The highest BCUT2D eigenvalue weighted by atomic mass is 32.1. The van der Waals surface area contributed by atoms with Gasteiger partial charge in [-0.3, -0.25) is 0 Å². The molecule has 0 radical (unpaired) electrons. The van der Waals surface area contributed by atoms with Crippen molar-refractivity contribution in [2.75, 3.05) is 13.7 Å². The maximum Gasteiger partial charge on any atom is 0.120 e. The molecule has 0 spiro atoms. The van der Waals surface area contributed by atoms with Crippen molar-refractivity contribution in [3.63, 3.8) is 0 Å². The first-order valence-electron chi connectivity index (χ1n) is 6.94. The Labute approximate surface area is 119 Å². The minimum Gasteiger partial charge on any atom is -0.497 e. The molecule has 0 atom stereocenters. The number of rotatable bonds is 6. The summed E-state index contributed by atoms with van der Waals surface area (Å²) in [5, 5.41) is 4.93. The van der Waals surface area contributed by atoms with E-state index in [1.54, 1.807) is 7.11 Å². The summed E-state index contributed by atoms with van der Waals surface area (Å²) in [6, 6.07) is 6.39. The molecule has 2 aromatic rings. The van der Waals surface area contributed by atoms with E-state index in [1.807, 2.05) is 11.3 Å². The van der Waals surface area contributed by atoms with Crippen LogP contribution in [0.5, 0.6) is 5.75 Å². The molecule has 0 amide bonds. The van der Waals surface area contributed by atoms with Gasteiger partial charge >= 0.3 is 0 Å². The summed E-state index contributed by atoms with van der Waals surface area (Å²) in [6.45, 7) is 8.76. The molecule has 1 heterocycles. The number of hydrogen-bond acceptors (Lipinski definition) is 3. The van der Waals surface area contributed by atoms with Gasteiger partial charge in [-0.15, -0.1) is 11.3 Å². The number of aryl methyl sites for hydroxylation is 1. The molecule has 0 fully saturated rings. The minimum absolute atomic E-state index is 0.694. The van der Waals surface area contributed by atoms with Gasteiger partial charge in [0.15, 0.2) is 0 Å². The molecule has 0 aliphatic carbocycles. The van der Waals surface area contributed by atoms with Crippen LogP contribution in [0.1, 0.15) is 31.2 Å². The zero-order valence-corrected chi connectivity index (χ0v) is 13.1. The zero-order valence-electron chi connectivity index (χ0n) is 12.2. The summed E-state index contributed by atoms with van der Waals surface area (Å²) in [5.41, 5.74) is 1.49. The second kappa shape index (κ2) is 6.40. The standard InChI is InChI=1S/C16H23NOS/c1-5-13-14-7-6-12(18-4)8-15(14)19-16(13)10-17-9-11(2)3/h6-8,11,17H,5,9-10H2,1-4H3. The van der Waals surface area contributed by atoms with Gasteiger partial charge in [0.2, 0.25) is 0 Å². The fraction of sp³-hybridized carbons (Fsp3) is 0.500. The molecule has 0 saturated carbocycles. The second-order valence-corrected chi connectivity index (χ2v) is 6.38. The molecule has 2 nitrogen and oxygen atoms in total. The summed E-state index contributed by atoms with van der Waals surface area (Å²) in [6.07, 6.45) is 1.09. The van der Waals surface area contributed by atoms with Crippen LogP contribution >= 0.6 is 11.3 Å². The molecular formula is C16H23NOS. The molecule has 1 N–H and O–H groups in total. The van der Waals surface area contributed by atoms with Gasteiger partial charge in [0.25, 0.3) is 0 Å². The summed E-state index contributed by atoms with van der Waals surface area (Å²) >= 11 is 1.89. The van der Waals surface area contributed by atoms with Crippen LogP contribution in [0.25, 0.3) is 10.1 Å². The van der Waals surface area contributed by atoms with Crippen LogP contribution in [0.15, 0.2) is 18.2 Å². The Morgan fingerprint density at radius 3 is 2.74 bits per heavy atom. The molecule has 1 aromatic heterocycles. The lowest BCUT2D eigenvalue weighted by molar-refractivity contribution is 0.415. The Morgan fingerprint density at radius 1 is 1.32 bits per heavy atom. The van der Waals surface area contributed by atoms with Crippen molar-refractivity contribution < 1.29 is 4.74 Å². The number of ether oxygens (including phenoxy) is 1. The summed E-state index contributed by atoms with van der Waals surface area (Å²) in [7, 11) is 1.72. The van der Waals surface area contributed by atoms with Gasteiger partial charge in [-0.2, -0.15) is 0 Å². The molecule has 0 aliphatic heterocycles. The highest BCUT2D eigenvalue weighted by Crippen LogP contribution is 2.34. The average Bonchev–Trinajstić information content (AvgIpc) is 2.74. The first kappa shape index (κ1) is 14.4. The number of benzene rings is 1. The molecule has 0 saturated heterocycles. The van der Waals surface area contributed by atoms with Gasteiger partial charge < -0.3 is 10.1 Å². The van der Waals surface area contributed by atoms with E-state index < -0.39 is 0 Å². The Kier molecular flexibility index (Phi) is 4.83. The number of thiophene rings is 1. The predicted octanol–water partition coefficient (Wildman–Crippen LogP) is 4.22. The van der Waals surface area contributed by atoms with E-state index in [0.717, 1.165) is 25.3 Å². The summed E-state index contributed by atoms with van der Waals surface area (Å²) in [5.74, 6) is 1.64. The lowest BCUT2D eigenvalue weighted by Crippen LogP contribution is -2.18. The quantitative estimate of drug-likeness (QED) is 0.853. The van der Waals surface area contributed by atoms with Crippen LogP contribution in [0.4, 0.5) is 0 Å². The lowest BCUT2D eigenvalue weighted by Gasteiger charge is -2.07. The summed E-state index contributed by atoms with van der Waals surface area (Å²) in [4.78, 5) is 1.46. The molecule has 19 heavy (non-hydrogen) atoms. The van der Waals surface area contributed by atoms with Gasteiger partial charge in [-0.25, -0.2) is 0 Å². The van der Waals surface area contributed by atoms with Crippen LogP contribution in [-0.4, -0.2) is 13.7 Å². The fourth-order valence-corrected chi connectivity index (χ4v) is 3.61. The maximum absolute atomic E-state index is 5.31. The highest BCUT2D eigenvalue weighted by Gasteiger charge is 2.11. The normalized spacial score (nSPS) is 11.4. The summed E-state index contributed by atoms with van der Waals surface area (Å²) < 4.78 is 6.64. The predicted molar refractivity (Wildman–Crippen MR) is 84.3 cm³/mol. The monoisotopic (exact) mass is 277 g/mol. The van der Waals surface area contributed by atoms with E-state index in [-0.39, 0.29) is 0 Å². The molecule has 0 bridgehead atoms. The van der Waals surface area contributed by atoms with Crippen LogP contribution in [-0.2, 0) is 13.0 Å². The Hall–Kier alpha value is -1.06. The van der Waals surface area contributed by atoms with Gasteiger partial charge in [-0.1, -0.05) is 20.8 Å². The maximum atomic E-state index is 5.31. The first-order chi connectivity index (χ1) is 9.15. The van der Waals surface area contributed by atoms with Crippen molar-refractivity contribution in [1.82, 2.24) is 5.32 Å². The van der Waals surface area contributed by atoms with Crippen molar-refractivity contribution in [1.29, 1.82) is 0 Å². The number of hydrogen-bond donors (Lipinski definition) is 1. The third kappa shape index (κ3) is 3.28. The van der Waals surface area contributed by atoms with Crippen molar-refractivity contribution in [3.8, 4) is 5.75 Å². The molecule has 2 rings (SSSR count). The Morgan fingerprint density at radius 2 is 2.11 bits per heavy atom. The molecule has 3 heteroatoms. The number of nitrogens with one attached hydrogen (secondary N) is 1.